The van der Waals surface area contributed by atoms with E-state index in [9.17, 15) is 17.6 Å². The number of rotatable bonds is 5. The molecule has 0 bridgehead atoms. The zero-order chi connectivity index (χ0) is 19.6. The summed E-state index contributed by atoms with van der Waals surface area (Å²) >= 11 is 0. The van der Waals surface area contributed by atoms with Crippen molar-refractivity contribution in [1.29, 1.82) is 0 Å². The summed E-state index contributed by atoms with van der Waals surface area (Å²) in [6.45, 7) is 3.71. The van der Waals surface area contributed by atoms with Crippen LogP contribution in [0.25, 0.3) is 0 Å². The predicted molar refractivity (Wildman–Crippen MR) is 93.2 cm³/mol. The van der Waals surface area contributed by atoms with E-state index in [0.717, 1.165) is 0 Å². The number of benzene rings is 1. The van der Waals surface area contributed by atoms with Crippen LogP contribution in [0.2, 0.25) is 0 Å². The lowest BCUT2D eigenvalue weighted by molar-refractivity contribution is -0.134. The Morgan fingerprint density at radius 3 is 2.56 bits per heavy atom. The van der Waals surface area contributed by atoms with Crippen molar-refractivity contribution in [2.45, 2.75) is 18.7 Å². The maximum atomic E-state index is 13.1. The second kappa shape index (κ2) is 7.65. The monoisotopic (exact) mass is 397 g/mol. The third-order valence-electron chi connectivity index (χ3n) is 4.32. The molecule has 0 atom stereocenters. The summed E-state index contributed by atoms with van der Waals surface area (Å²) in [4.78, 5) is 13.9. The number of hydrogen-bond acceptors (Lipinski definition) is 6. The molecule has 0 N–H and O–H groups in total. The van der Waals surface area contributed by atoms with Crippen molar-refractivity contribution in [3.63, 3.8) is 0 Å². The van der Waals surface area contributed by atoms with E-state index in [-0.39, 0.29) is 55.1 Å². The lowest BCUT2D eigenvalue weighted by Crippen LogP contribution is -2.51. The highest BCUT2D eigenvalue weighted by Gasteiger charge is 2.34. The zero-order valence-electron chi connectivity index (χ0n) is 15.0. The molecule has 10 heteroatoms. The van der Waals surface area contributed by atoms with Gasteiger partial charge in [0.2, 0.25) is 10.0 Å². The molecule has 0 saturated carbocycles. The van der Waals surface area contributed by atoms with Gasteiger partial charge in [-0.25, -0.2) is 12.8 Å². The molecule has 2 aromatic rings. The highest BCUT2D eigenvalue weighted by Crippen LogP contribution is 2.24. The second-order valence-electron chi connectivity index (χ2n) is 6.18. The number of ether oxygens (including phenoxy) is 1. The largest absolute Gasteiger partial charge is 0.484 e. The van der Waals surface area contributed by atoms with Gasteiger partial charge in [0.15, 0.2) is 12.4 Å². The standard InChI is InChI=1S/C17H20FN3O5S/c1-12-17(13(2)26-19-12)27(23,24)21-8-6-20(7-9-21)16(22)11-25-15-5-3-4-14(18)10-15/h3-5,10H,6-9,11H2,1-2H3. The van der Waals surface area contributed by atoms with Crippen molar-refractivity contribution in [1.82, 2.24) is 14.4 Å². The van der Waals surface area contributed by atoms with Crippen LogP contribution < -0.4 is 4.74 Å². The van der Waals surface area contributed by atoms with E-state index in [1.807, 2.05) is 0 Å². The van der Waals surface area contributed by atoms with Crippen LogP contribution in [0.4, 0.5) is 4.39 Å². The number of aromatic nitrogens is 1. The summed E-state index contributed by atoms with van der Waals surface area (Å²) in [5.74, 6) is -0.218. The molecule has 1 aromatic carbocycles. The number of piperazine rings is 1. The van der Waals surface area contributed by atoms with Gasteiger partial charge in [-0.1, -0.05) is 11.2 Å². The van der Waals surface area contributed by atoms with Gasteiger partial charge in [0.25, 0.3) is 5.91 Å². The van der Waals surface area contributed by atoms with E-state index in [0.29, 0.717) is 5.69 Å². The number of sulfonamides is 1. The Morgan fingerprint density at radius 1 is 1.26 bits per heavy atom. The summed E-state index contributed by atoms with van der Waals surface area (Å²) in [6.07, 6.45) is 0. The van der Waals surface area contributed by atoms with Crippen LogP contribution in [-0.2, 0) is 14.8 Å². The van der Waals surface area contributed by atoms with Crippen molar-refractivity contribution < 1.29 is 26.9 Å². The van der Waals surface area contributed by atoms with E-state index in [4.69, 9.17) is 9.26 Å². The molecule has 2 heterocycles. The Labute approximate surface area is 156 Å². The fraction of sp³-hybridized carbons (Fsp3) is 0.412. The summed E-state index contributed by atoms with van der Waals surface area (Å²) in [7, 11) is -3.72. The molecule has 0 spiro atoms. The highest BCUT2D eigenvalue weighted by molar-refractivity contribution is 7.89. The number of halogens is 1. The SMILES string of the molecule is Cc1noc(C)c1S(=O)(=O)N1CCN(C(=O)COc2cccc(F)c2)CC1. The molecule has 3 rings (SSSR count). The van der Waals surface area contributed by atoms with Crippen molar-refractivity contribution >= 4 is 15.9 Å². The van der Waals surface area contributed by atoms with E-state index in [2.05, 4.69) is 5.16 Å². The van der Waals surface area contributed by atoms with Gasteiger partial charge < -0.3 is 14.2 Å². The van der Waals surface area contributed by atoms with E-state index >= 15 is 0 Å². The Bertz CT molecular complexity index is 916. The molecular weight excluding hydrogens is 377 g/mol. The highest BCUT2D eigenvalue weighted by atomic mass is 32.2. The number of amides is 1. The number of carbonyl (C=O) groups excluding carboxylic acids is 1. The fourth-order valence-corrected chi connectivity index (χ4v) is 4.66. The van der Waals surface area contributed by atoms with Gasteiger partial charge in [0.1, 0.15) is 22.2 Å². The molecule has 1 fully saturated rings. The summed E-state index contributed by atoms with van der Waals surface area (Å²) in [5.41, 5.74) is 0.314. The molecule has 146 valence electrons. The fourth-order valence-electron chi connectivity index (χ4n) is 2.94. The first-order valence-corrected chi connectivity index (χ1v) is 9.82. The first-order valence-electron chi connectivity index (χ1n) is 8.38. The molecule has 0 unspecified atom stereocenters. The van der Waals surface area contributed by atoms with Gasteiger partial charge >= 0.3 is 0 Å². The van der Waals surface area contributed by atoms with Crippen LogP contribution >= 0.6 is 0 Å². The van der Waals surface area contributed by atoms with Crippen LogP contribution in [0, 0.1) is 19.7 Å². The Kier molecular flexibility index (Phi) is 5.47. The van der Waals surface area contributed by atoms with Crippen LogP contribution in [0.5, 0.6) is 5.75 Å². The molecule has 27 heavy (non-hydrogen) atoms. The van der Waals surface area contributed by atoms with Gasteiger partial charge in [0.05, 0.1) is 0 Å². The molecule has 1 aliphatic heterocycles. The van der Waals surface area contributed by atoms with Gasteiger partial charge in [-0.3, -0.25) is 4.79 Å². The second-order valence-corrected chi connectivity index (χ2v) is 8.06. The average molecular weight is 397 g/mol. The third kappa shape index (κ3) is 4.11. The number of hydrogen-bond donors (Lipinski definition) is 0. The molecular formula is C17H20FN3O5S. The molecule has 1 amide bonds. The lowest BCUT2D eigenvalue weighted by atomic mass is 10.3. The van der Waals surface area contributed by atoms with E-state index in [1.54, 1.807) is 19.9 Å². The lowest BCUT2D eigenvalue weighted by Gasteiger charge is -2.33. The maximum absolute atomic E-state index is 13.1. The third-order valence-corrected chi connectivity index (χ3v) is 6.46. The summed E-state index contributed by atoms with van der Waals surface area (Å²) in [6, 6.07) is 5.53. The first-order chi connectivity index (χ1) is 12.8. The van der Waals surface area contributed by atoms with Crippen LogP contribution in [0.1, 0.15) is 11.5 Å². The van der Waals surface area contributed by atoms with E-state index < -0.39 is 15.8 Å². The summed E-state index contributed by atoms with van der Waals surface area (Å²) < 4.78 is 50.2. The first kappa shape index (κ1) is 19.3. The van der Waals surface area contributed by atoms with E-state index in [1.165, 1.54) is 27.4 Å². The number of nitrogens with zero attached hydrogens (tertiary/aromatic N) is 3. The van der Waals surface area contributed by atoms with Gasteiger partial charge in [0, 0.05) is 32.2 Å². The molecule has 1 saturated heterocycles. The van der Waals surface area contributed by atoms with Crippen LogP contribution in [0.15, 0.2) is 33.7 Å². The van der Waals surface area contributed by atoms with Crippen molar-refractivity contribution in [3.05, 3.63) is 41.5 Å². The smallest absolute Gasteiger partial charge is 0.260 e. The topological polar surface area (TPSA) is 93.0 Å². The minimum absolute atomic E-state index is 0.0803. The maximum Gasteiger partial charge on any atom is 0.260 e. The van der Waals surface area contributed by atoms with Crippen molar-refractivity contribution in [2.24, 2.45) is 0 Å². The zero-order valence-corrected chi connectivity index (χ0v) is 15.8. The molecule has 1 aliphatic rings. The van der Waals surface area contributed by atoms with Crippen molar-refractivity contribution in [2.75, 3.05) is 32.8 Å². The van der Waals surface area contributed by atoms with Gasteiger partial charge in [-0.2, -0.15) is 4.31 Å². The van der Waals surface area contributed by atoms with Crippen LogP contribution in [0.3, 0.4) is 0 Å². The van der Waals surface area contributed by atoms with Crippen molar-refractivity contribution in [3.8, 4) is 5.75 Å². The normalized spacial score (nSPS) is 15.7. The number of aryl methyl sites for hydroxylation is 2. The quantitative estimate of drug-likeness (QED) is 0.756. The number of carbonyl (C=O) groups is 1. The predicted octanol–water partition coefficient (Wildman–Crippen LogP) is 1.34. The van der Waals surface area contributed by atoms with Crippen LogP contribution in [-0.4, -0.2) is 61.5 Å². The Morgan fingerprint density at radius 2 is 1.96 bits per heavy atom. The minimum atomic E-state index is -3.72. The molecule has 0 aliphatic carbocycles. The Balaban J connectivity index is 1.57. The average Bonchev–Trinajstić information content (AvgIpc) is 2.99. The molecule has 0 radical (unpaired) electrons. The molecule has 1 aromatic heterocycles. The van der Waals surface area contributed by atoms with Gasteiger partial charge in [-0.15, -0.1) is 0 Å². The minimum Gasteiger partial charge on any atom is -0.484 e. The Hall–Kier alpha value is -2.46. The van der Waals surface area contributed by atoms with Gasteiger partial charge in [-0.05, 0) is 26.0 Å². The summed E-state index contributed by atoms with van der Waals surface area (Å²) in [5, 5.41) is 3.69. The molecule has 8 nitrogen and oxygen atoms in total.